The van der Waals surface area contributed by atoms with Crippen LogP contribution in [-0.4, -0.2) is 30.6 Å². The van der Waals surface area contributed by atoms with Gasteiger partial charge in [0.15, 0.2) is 0 Å². The van der Waals surface area contributed by atoms with E-state index in [1.807, 2.05) is 0 Å². The molecule has 0 radical (unpaired) electrons. The maximum absolute atomic E-state index is 3.73. The average molecular weight is 358 g/mol. The molecule has 0 spiro atoms. The van der Waals surface area contributed by atoms with E-state index >= 15 is 0 Å². The average Bonchev–Trinajstić information content (AvgIpc) is 2.58. The predicted octanol–water partition coefficient (Wildman–Crippen LogP) is 3.89. The summed E-state index contributed by atoms with van der Waals surface area (Å²) in [6.07, 6.45) is 3.87. The van der Waals surface area contributed by atoms with Crippen LogP contribution in [0.5, 0.6) is 0 Å². The Kier molecular flexibility index (Phi) is 5.30. The van der Waals surface area contributed by atoms with Crippen molar-refractivity contribution in [3.63, 3.8) is 0 Å². The van der Waals surface area contributed by atoms with Crippen LogP contribution in [0.1, 0.15) is 31.7 Å². The molecule has 18 heavy (non-hydrogen) atoms. The predicted molar refractivity (Wildman–Crippen MR) is 87.3 cm³/mol. The molecule has 1 saturated heterocycles. The SMILES string of the molecule is CCN1CCCC(Nc2ccc(I)cc2C)CC1. The first-order valence-corrected chi connectivity index (χ1v) is 8.02. The van der Waals surface area contributed by atoms with Gasteiger partial charge < -0.3 is 10.2 Å². The minimum atomic E-state index is 0.639. The fourth-order valence-electron chi connectivity index (χ4n) is 2.63. The zero-order chi connectivity index (χ0) is 13.0. The van der Waals surface area contributed by atoms with Gasteiger partial charge in [0.2, 0.25) is 0 Å². The summed E-state index contributed by atoms with van der Waals surface area (Å²) >= 11 is 2.37. The third kappa shape index (κ3) is 3.85. The van der Waals surface area contributed by atoms with Crippen molar-refractivity contribution in [1.29, 1.82) is 0 Å². The molecule has 2 rings (SSSR count). The Hall–Kier alpha value is -0.290. The molecule has 0 aromatic heterocycles. The Labute approximate surface area is 124 Å². The fourth-order valence-corrected chi connectivity index (χ4v) is 3.27. The fraction of sp³-hybridized carbons (Fsp3) is 0.600. The highest BCUT2D eigenvalue weighted by molar-refractivity contribution is 14.1. The quantitative estimate of drug-likeness (QED) is 0.825. The van der Waals surface area contributed by atoms with E-state index in [4.69, 9.17) is 0 Å². The van der Waals surface area contributed by atoms with Crippen LogP contribution >= 0.6 is 22.6 Å². The number of rotatable bonds is 3. The van der Waals surface area contributed by atoms with Gasteiger partial charge >= 0.3 is 0 Å². The molecular formula is C15H23IN2. The molecule has 2 nitrogen and oxygen atoms in total. The first-order chi connectivity index (χ1) is 8.69. The lowest BCUT2D eigenvalue weighted by Crippen LogP contribution is -2.26. The number of anilines is 1. The van der Waals surface area contributed by atoms with Gasteiger partial charge in [0, 0.05) is 21.8 Å². The van der Waals surface area contributed by atoms with E-state index in [9.17, 15) is 0 Å². The van der Waals surface area contributed by atoms with Crippen LogP contribution in [0.15, 0.2) is 18.2 Å². The molecule has 1 aliphatic rings. The van der Waals surface area contributed by atoms with Crippen molar-refractivity contribution in [3.05, 3.63) is 27.3 Å². The van der Waals surface area contributed by atoms with Gasteiger partial charge in [0.1, 0.15) is 0 Å². The summed E-state index contributed by atoms with van der Waals surface area (Å²) in [4.78, 5) is 2.56. The van der Waals surface area contributed by atoms with Crippen LogP contribution in [0.25, 0.3) is 0 Å². The standard InChI is InChI=1S/C15H23IN2/c1-3-18-9-4-5-14(8-10-18)17-15-7-6-13(16)11-12(15)2/h6-7,11,14,17H,3-5,8-10H2,1-2H3. The van der Waals surface area contributed by atoms with E-state index in [0.717, 1.165) is 0 Å². The molecule has 3 heteroatoms. The Morgan fingerprint density at radius 1 is 1.33 bits per heavy atom. The molecule has 1 unspecified atom stereocenters. The molecule has 0 saturated carbocycles. The molecule has 1 aliphatic heterocycles. The van der Waals surface area contributed by atoms with Gasteiger partial charge in [-0.3, -0.25) is 0 Å². The molecular weight excluding hydrogens is 335 g/mol. The van der Waals surface area contributed by atoms with Gasteiger partial charge in [-0.1, -0.05) is 6.92 Å². The number of halogens is 1. The second kappa shape index (κ2) is 6.75. The van der Waals surface area contributed by atoms with Crippen LogP contribution in [0.3, 0.4) is 0 Å². The molecule has 0 amide bonds. The number of hydrogen-bond acceptors (Lipinski definition) is 2. The Bertz CT molecular complexity index is 392. The monoisotopic (exact) mass is 358 g/mol. The lowest BCUT2D eigenvalue weighted by Gasteiger charge is -2.20. The largest absolute Gasteiger partial charge is 0.382 e. The number of aryl methyl sites for hydroxylation is 1. The maximum atomic E-state index is 3.73. The zero-order valence-corrected chi connectivity index (χ0v) is 13.5. The summed E-state index contributed by atoms with van der Waals surface area (Å²) in [6.45, 7) is 8.14. The highest BCUT2D eigenvalue weighted by Gasteiger charge is 2.16. The second-order valence-electron chi connectivity index (χ2n) is 5.17. The van der Waals surface area contributed by atoms with Gasteiger partial charge in [-0.2, -0.15) is 0 Å². The van der Waals surface area contributed by atoms with E-state index in [1.165, 1.54) is 53.7 Å². The number of likely N-dealkylation sites (tertiary alicyclic amines) is 1. The van der Waals surface area contributed by atoms with Gasteiger partial charge in [-0.25, -0.2) is 0 Å². The molecule has 1 aromatic carbocycles. The maximum Gasteiger partial charge on any atom is 0.0372 e. The lowest BCUT2D eigenvalue weighted by molar-refractivity contribution is 0.300. The third-order valence-corrected chi connectivity index (χ3v) is 4.49. The van der Waals surface area contributed by atoms with Gasteiger partial charge in [0.25, 0.3) is 0 Å². The van der Waals surface area contributed by atoms with E-state index in [2.05, 4.69) is 64.9 Å². The van der Waals surface area contributed by atoms with Crippen LogP contribution in [0.4, 0.5) is 5.69 Å². The van der Waals surface area contributed by atoms with Crippen molar-refractivity contribution in [3.8, 4) is 0 Å². The molecule has 1 fully saturated rings. The Balaban J connectivity index is 1.96. The summed E-state index contributed by atoms with van der Waals surface area (Å²) in [7, 11) is 0. The van der Waals surface area contributed by atoms with E-state index < -0.39 is 0 Å². The number of nitrogens with zero attached hydrogens (tertiary/aromatic N) is 1. The second-order valence-corrected chi connectivity index (χ2v) is 6.41. The topological polar surface area (TPSA) is 15.3 Å². The van der Waals surface area contributed by atoms with Crippen LogP contribution < -0.4 is 5.32 Å². The summed E-state index contributed by atoms with van der Waals surface area (Å²) in [5, 5.41) is 3.73. The molecule has 0 bridgehead atoms. The number of benzene rings is 1. The van der Waals surface area contributed by atoms with Crippen LogP contribution in [0, 0.1) is 10.5 Å². The Morgan fingerprint density at radius 2 is 2.17 bits per heavy atom. The Morgan fingerprint density at radius 3 is 2.89 bits per heavy atom. The number of nitrogens with one attached hydrogen (secondary N) is 1. The van der Waals surface area contributed by atoms with Crippen molar-refractivity contribution < 1.29 is 0 Å². The summed E-state index contributed by atoms with van der Waals surface area (Å²) in [5.74, 6) is 0. The minimum Gasteiger partial charge on any atom is -0.382 e. The summed E-state index contributed by atoms with van der Waals surface area (Å²) < 4.78 is 1.31. The molecule has 1 atom stereocenters. The van der Waals surface area contributed by atoms with Crippen molar-refractivity contribution in [2.24, 2.45) is 0 Å². The van der Waals surface area contributed by atoms with Crippen molar-refractivity contribution in [1.82, 2.24) is 4.90 Å². The third-order valence-electron chi connectivity index (χ3n) is 3.82. The minimum absolute atomic E-state index is 0.639. The number of hydrogen-bond donors (Lipinski definition) is 1. The van der Waals surface area contributed by atoms with E-state index in [0.29, 0.717) is 6.04 Å². The smallest absolute Gasteiger partial charge is 0.0372 e. The molecule has 0 aliphatic carbocycles. The first-order valence-electron chi connectivity index (χ1n) is 6.94. The molecule has 1 aromatic rings. The van der Waals surface area contributed by atoms with Crippen molar-refractivity contribution >= 4 is 28.3 Å². The molecule has 1 N–H and O–H groups in total. The van der Waals surface area contributed by atoms with E-state index in [1.54, 1.807) is 0 Å². The van der Waals surface area contributed by atoms with Crippen molar-refractivity contribution in [2.45, 2.75) is 39.2 Å². The van der Waals surface area contributed by atoms with Crippen LogP contribution in [-0.2, 0) is 0 Å². The zero-order valence-electron chi connectivity index (χ0n) is 11.4. The van der Waals surface area contributed by atoms with Crippen LogP contribution in [0.2, 0.25) is 0 Å². The van der Waals surface area contributed by atoms with E-state index in [-0.39, 0.29) is 0 Å². The van der Waals surface area contributed by atoms with Gasteiger partial charge in [0.05, 0.1) is 0 Å². The summed E-state index contributed by atoms with van der Waals surface area (Å²) in [6, 6.07) is 7.29. The molecule has 1 heterocycles. The van der Waals surface area contributed by atoms with Gasteiger partial charge in [-0.05, 0) is 85.6 Å². The van der Waals surface area contributed by atoms with Gasteiger partial charge in [-0.15, -0.1) is 0 Å². The molecule has 100 valence electrons. The normalized spacial score (nSPS) is 21.6. The summed E-state index contributed by atoms with van der Waals surface area (Å²) in [5.41, 5.74) is 2.67. The first kappa shape index (κ1) is 14.1. The highest BCUT2D eigenvalue weighted by Crippen LogP contribution is 2.21. The lowest BCUT2D eigenvalue weighted by atomic mass is 10.1. The highest BCUT2D eigenvalue weighted by atomic mass is 127. The van der Waals surface area contributed by atoms with Crippen molar-refractivity contribution in [2.75, 3.05) is 25.0 Å².